The summed E-state index contributed by atoms with van der Waals surface area (Å²) in [5.74, 6) is -0.777. The Morgan fingerprint density at radius 3 is 2.84 bits per heavy atom. The average molecular weight is 443 g/mol. The van der Waals surface area contributed by atoms with Crippen LogP contribution in [0.3, 0.4) is 0 Å². The summed E-state index contributed by atoms with van der Waals surface area (Å²) in [4.78, 5) is 35.5. The highest BCUT2D eigenvalue weighted by atomic mass is 16.7. The van der Waals surface area contributed by atoms with Crippen LogP contribution in [0.5, 0.6) is 0 Å². The zero-order valence-electron chi connectivity index (χ0n) is 18.9. The van der Waals surface area contributed by atoms with E-state index in [1.807, 2.05) is 37.4 Å². The first-order valence-electron chi connectivity index (χ1n) is 11.6. The number of hydrogen-bond donors (Lipinski definition) is 3. The molecule has 0 saturated carbocycles. The van der Waals surface area contributed by atoms with Crippen molar-refractivity contribution in [3.8, 4) is 0 Å². The summed E-state index contributed by atoms with van der Waals surface area (Å²) < 4.78 is 5.69. The Balaban J connectivity index is 1.52. The van der Waals surface area contributed by atoms with Crippen LogP contribution in [0.15, 0.2) is 30.5 Å². The molecule has 3 N–H and O–H groups in total. The van der Waals surface area contributed by atoms with Crippen molar-refractivity contribution in [1.29, 1.82) is 0 Å². The fraction of sp³-hybridized carbons (Fsp3) is 0.583. The number of fused-ring (bicyclic) bond motifs is 1. The fourth-order valence-electron chi connectivity index (χ4n) is 4.83. The molecule has 4 rings (SSSR count). The molecule has 0 radical (unpaired) electrons. The number of carbonyl (C=O) groups is 2. The molecule has 174 valence electrons. The minimum atomic E-state index is -0.712. The van der Waals surface area contributed by atoms with E-state index in [4.69, 9.17) is 9.57 Å². The summed E-state index contributed by atoms with van der Waals surface area (Å²) in [5.41, 5.74) is 2.00. The molecule has 0 spiro atoms. The summed E-state index contributed by atoms with van der Waals surface area (Å²) in [6.45, 7) is 3.87. The van der Waals surface area contributed by atoms with Gasteiger partial charge in [-0.3, -0.25) is 14.4 Å². The Morgan fingerprint density at radius 2 is 2.12 bits per heavy atom. The van der Waals surface area contributed by atoms with Crippen molar-refractivity contribution in [2.75, 3.05) is 26.8 Å². The zero-order valence-corrected chi connectivity index (χ0v) is 18.9. The number of carbonyl (C=O) groups excluding carboxylic acids is 2. The van der Waals surface area contributed by atoms with E-state index in [-0.39, 0.29) is 24.0 Å². The lowest BCUT2D eigenvalue weighted by Gasteiger charge is -2.32. The first-order chi connectivity index (χ1) is 15.6. The van der Waals surface area contributed by atoms with Crippen molar-refractivity contribution >= 4 is 22.7 Å². The smallest absolute Gasteiger partial charge is 0.269 e. The second kappa shape index (κ2) is 10.5. The third-order valence-corrected chi connectivity index (χ3v) is 6.64. The quantitative estimate of drug-likeness (QED) is 0.582. The van der Waals surface area contributed by atoms with E-state index in [0.29, 0.717) is 19.6 Å². The highest BCUT2D eigenvalue weighted by molar-refractivity contribution is 5.90. The normalized spacial score (nSPS) is 21.9. The number of para-hydroxylation sites is 1. The van der Waals surface area contributed by atoms with E-state index >= 15 is 0 Å². The highest BCUT2D eigenvalue weighted by Crippen LogP contribution is 2.22. The molecule has 2 aliphatic heterocycles. The number of nitrogens with one attached hydrogen (secondary N) is 3. The minimum absolute atomic E-state index is 0.147. The van der Waals surface area contributed by atoms with Crippen LogP contribution in [0.2, 0.25) is 0 Å². The largest absolute Gasteiger partial charge is 0.379 e. The number of amides is 2. The minimum Gasteiger partial charge on any atom is -0.379 e. The maximum Gasteiger partial charge on any atom is 0.269 e. The number of benzene rings is 1. The van der Waals surface area contributed by atoms with Crippen LogP contribution in [-0.2, 0) is 25.6 Å². The Hall–Kier alpha value is -2.42. The van der Waals surface area contributed by atoms with Crippen LogP contribution in [0.4, 0.5) is 0 Å². The van der Waals surface area contributed by atoms with Gasteiger partial charge in [-0.25, -0.2) is 5.06 Å². The van der Waals surface area contributed by atoms with Gasteiger partial charge in [-0.2, -0.15) is 0 Å². The van der Waals surface area contributed by atoms with Crippen LogP contribution in [0.1, 0.15) is 38.2 Å². The predicted octanol–water partition coefficient (Wildman–Crippen LogP) is 2.15. The number of methoxy groups -OCH3 is 1. The standard InChI is InChI=1S/C24H34N4O4/c1-16(22(31-2)20-10-7-11-25-20)23(29)27-21(24(30)28-12-5-6-13-32-28)14-17-15-26-19-9-4-3-8-18(17)19/h3-4,8-9,15-16,20-22,25-26H,5-7,10-14H2,1-2H3,(H,27,29)/t16?,20-,21-,22?/m0/s1. The molecule has 0 bridgehead atoms. The first-order valence-corrected chi connectivity index (χ1v) is 11.6. The molecule has 8 nitrogen and oxygen atoms in total. The molecule has 1 aromatic carbocycles. The van der Waals surface area contributed by atoms with Gasteiger partial charge in [0.1, 0.15) is 6.04 Å². The Morgan fingerprint density at radius 1 is 1.28 bits per heavy atom. The molecule has 4 atom stereocenters. The van der Waals surface area contributed by atoms with Crippen LogP contribution in [-0.4, -0.2) is 66.9 Å². The summed E-state index contributed by atoms with van der Waals surface area (Å²) >= 11 is 0. The molecule has 2 amide bonds. The summed E-state index contributed by atoms with van der Waals surface area (Å²) in [6, 6.07) is 7.41. The Bertz CT molecular complexity index is 918. The summed E-state index contributed by atoms with van der Waals surface area (Å²) in [5, 5.41) is 8.92. The number of rotatable bonds is 8. The van der Waals surface area contributed by atoms with Gasteiger partial charge in [0.05, 0.1) is 18.6 Å². The molecular weight excluding hydrogens is 408 g/mol. The molecule has 2 unspecified atom stereocenters. The van der Waals surface area contributed by atoms with E-state index in [0.717, 1.165) is 48.7 Å². The van der Waals surface area contributed by atoms with Gasteiger partial charge in [0.15, 0.2) is 0 Å². The highest BCUT2D eigenvalue weighted by Gasteiger charge is 2.36. The number of nitrogens with zero attached hydrogens (tertiary/aromatic N) is 1. The van der Waals surface area contributed by atoms with Gasteiger partial charge in [-0.15, -0.1) is 0 Å². The van der Waals surface area contributed by atoms with Crippen LogP contribution < -0.4 is 10.6 Å². The first kappa shape index (κ1) is 22.8. The van der Waals surface area contributed by atoms with Crippen molar-refractivity contribution in [2.45, 2.75) is 57.2 Å². The molecule has 2 aliphatic rings. The number of aromatic nitrogens is 1. The van der Waals surface area contributed by atoms with Gasteiger partial charge in [0, 0.05) is 43.2 Å². The van der Waals surface area contributed by atoms with E-state index in [1.54, 1.807) is 7.11 Å². The van der Waals surface area contributed by atoms with Crippen molar-refractivity contribution in [3.05, 3.63) is 36.0 Å². The van der Waals surface area contributed by atoms with Gasteiger partial charge < -0.3 is 20.4 Å². The molecule has 2 saturated heterocycles. The van der Waals surface area contributed by atoms with E-state index in [1.165, 1.54) is 5.06 Å². The molecule has 3 heterocycles. The average Bonchev–Trinajstić information content (AvgIpc) is 3.50. The third kappa shape index (κ3) is 4.98. The zero-order chi connectivity index (χ0) is 22.5. The van der Waals surface area contributed by atoms with Crippen molar-refractivity contribution in [2.24, 2.45) is 5.92 Å². The lowest BCUT2D eigenvalue weighted by molar-refractivity contribution is -0.199. The molecular formula is C24H34N4O4. The van der Waals surface area contributed by atoms with Gasteiger partial charge in [-0.1, -0.05) is 25.1 Å². The van der Waals surface area contributed by atoms with E-state index in [2.05, 4.69) is 15.6 Å². The second-order valence-corrected chi connectivity index (χ2v) is 8.80. The van der Waals surface area contributed by atoms with Gasteiger partial charge in [0.2, 0.25) is 5.91 Å². The predicted molar refractivity (Wildman–Crippen MR) is 122 cm³/mol. The molecule has 32 heavy (non-hydrogen) atoms. The number of aromatic amines is 1. The monoisotopic (exact) mass is 442 g/mol. The number of hydrogen-bond acceptors (Lipinski definition) is 5. The molecule has 0 aliphatic carbocycles. The number of hydroxylamine groups is 2. The van der Waals surface area contributed by atoms with Crippen LogP contribution in [0, 0.1) is 5.92 Å². The maximum absolute atomic E-state index is 13.3. The Labute approximate surface area is 189 Å². The number of H-pyrrole nitrogens is 1. The fourth-order valence-corrected chi connectivity index (χ4v) is 4.83. The summed E-state index contributed by atoms with van der Waals surface area (Å²) in [6.07, 6.45) is 5.95. The van der Waals surface area contributed by atoms with Gasteiger partial charge >= 0.3 is 0 Å². The molecule has 2 aromatic rings. The molecule has 2 fully saturated rings. The SMILES string of the molecule is COC(C(C)C(=O)N[C@@H](Cc1c[nH]c2ccccc12)C(=O)N1CCCCO1)[C@@H]1CCCN1. The topological polar surface area (TPSA) is 95.7 Å². The van der Waals surface area contributed by atoms with Crippen LogP contribution in [0.25, 0.3) is 10.9 Å². The van der Waals surface area contributed by atoms with Crippen molar-refractivity contribution < 1.29 is 19.2 Å². The lowest BCUT2D eigenvalue weighted by Crippen LogP contribution is -2.54. The van der Waals surface area contributed by atoms with E-state index < -0.39 is 12.0 Å². The maximum atomic E-state index is 13.3. The van der Waals surface area contributed by atoms with Crippen molar-refractivity contribution in [3.63, 3.8) is 0 Å². The molecule has 1 aromatic heterocycles. The van der Waals surface area contributed by atoms with Crippen molar-refractivity contribution in [1.82, 2.24) is 20.7 Å². The van der Waals surface area contributed by atoms with Gasteiger partial charge in [-0.05, 0) is 43.9 Å². The molecule has 8 heteroatoms. The van der Waals surface area contributed by atoms with E-state index in [9.17, 15) is 9.59 Å². The summed E-state index contributed by atoms with van der Waals surface area (Å²) in [7, 11) is 1.64. The second-order valence-electron chi connectivity index (χ2n) is 8.80. The van der Waals surface area contributed by atoms with Crippen LogP contribution >= 0.6 is 0 Å². The Kier molecular flexibility index (Phi) is 7.44. The lowest BCUT2D eigenvalue weighted by atomic mass is 9.94. The number of ether oxygens (including phenoxy) is 1. The third-order valence-electron chi connectivity index (χ3n) is 6.64. The van der Waals surface area contributed by atoms with Gasteiger partial charge in [0.25, 0.3) is 5.91 Å².